The number of rotatable bonds is 5. The normalized spacial score (nSPS) is 10.3. The molecule has 0 bridgehead atoms. The van der Waals surface area contributed by atoms with Crippen molar-refractivity contribution in [2.45, 2.75) is 20.3 Å². The minimum Gasteiger partial charge on any atom is -0.384 e. The Morgan fingerprint density at radius 1 is 1.45 bits per heavy atom. The molecule has 1 heterocycles. The zero-order valence-electron chi connectivity index (χ0n) is 11.2. The van der Waals surface area contributed by atoms with Crippen molar-refractivity contribution in [3.63, 3.8) is 0 Å². The number of hydrogen-bond acceptors (Lipinski definition) is 5. The Morgan fingerprint density at radius 2 is 2.25 bits per heavy atom. The van der Waals surface area contributed by atoms with Crippen LogP contribution in [-0.4, -0.2) is 21.8 Å². The molecule has 0 aliphatic carbocycles. The van der Waals surface area contributed by atoms with Crippen molar-refractivity contribution < 1.29 is 4.79 Å². The lowest BCUT2D eigenvalue weighted by atomic mass is 10.1. The number of nitrogens with zero attached hydrogens (tertiary/aromatic N) is 2. The molecule has 7 heteroatoms. The van der Waals surface area contributed by atoms with E-state index in [0.717, 1.165) is 30.2 Å². The van der Waals surface area contributed by atoms with Crippen LogP contribution in [0.15, 0.2) is 18.2 Å². The maximum Gasteiger partial charge on any atom is 0.259 e. The highest BCUT2D eigenvalue weighted by molar-refractivity contribution is 7.09. The Labute approximate surface area is 126 Å². The molecule has 2 N–H and O–H groups in total. The fraction of sp³-hybridized carbons (Fsp3) is 0.308. The van der Waals surface area contributed by atoms with Gasteiger partial charge in [-0.25, -0.2) is 4.98 Å². The van der Waals surface area contributed by atoms with Crippen molar-refractivity contribution in [1.29, 1.82) is 0 Å². The first-order chi connectivity index (χ1) is 9.60. The predicted molar refractivity (Wildman–Crippen MR) is 82.8 cm³/mol. The molecule has 20 heavy (non-hydrogen) atoms. The van der Waals surface area contributed by atoms with E-state index in [1.807, 2.05) is 0 Å². The molecule has 0 saturated heterocycles. The highest BCUT2D eigenvalue weighted by atomic mass is 35.5. The number of hydrogen-bond donors (Lipinski definition) is 2. The summed E-state index contributed by atoms with van der Waals surface area (Å²) >= 11 is 7.12. The summed E-state index contributed by atoms with van der Waals surface area (Å²) in [5.74, 6) is 0.392. The number of amides is 1. The van der Waals surface area contributed by atoms with Crippen molar-refractivity contribution in [3.8, 4) is 0 Å². The summed E-state index contributed by atoms with van der Waals surface area (Å²) in [5, 5.41) is 6.94. The molecule has 0 spiro atoms. The van der Waals surface area contributed by atoms with Crippen LogP contribution >= 0.6 is 23.1 Å². The van der Waals surface area contributed by atoms with Gasteiger partial charge in [-0.3, -0.25) is 10.1 Å². The summed E-state index contributed by atoms with van der Waals surface area (Å²) in [5.41, 5.74) is 1.26. The molecule has 0 fully saturated rings. The van der Waals surface area contributed by atoms with Gasteiger partial charge in [0, 0.05) is 28.8 Å². The van der Waals surface area contributed by atoms with Gasteiger partial charge in [-0.05, 0) is 31.5 Å². The zero-order valence-corrected chi connectivity index (χ0v) is 12.8. The van der Waals surface area contributed by atoms with Crippen molar-refractivity contribution in [1.82, 2.24) is 9.36 Å². The lowest BCUT2D eigenvalue weighted by Gasteiger charge is -2.11. The molecule has 0 unspecified atom stereocenters. The van der Waals surface area contributed by atoms with Gasteiger partial charge in [0.2, 0.25) is 5.13 Å². The fourth-order valence-electron chi connectivity index (χ4n) is 1.63. The van der Waals surface area contributed by atoms with Gasteiger partial charge < -0.3 is 5.32 Å². The van der Waals surface area contributed by atoms with Crippen molar-refractivity contribution in [3.05, 3.63) is 34.6 Å². The van der Waals surface area contributed by atoms with E-state index in [1.165, 1.54) is 0 Å². The Balaban J connectivity index is 2.21. The second kappa shape index (κ2) is 6.67. The number of aromatic nitrogens is 2. The van der Waals surface area contributed by atoms with E-state index in [-0.39, 0.29) is 5.91 Å². The van der Waals surface area contributed by atoms with Crippen LogP contribution in [0.2, 0.25) is 5.02 Å². The largest absolute Gasteiger partial charge is 0.384 e. The molecule has 0 aliphatic rings. The van der Waals surface area contributed by atoms with Crippen LogP contribution < -0.4 is 10.6 Å². The van der Waals surface area contributed by atoms with Gasteiger partial charge in [0.05, 0.1) is 5.56 Å². The van der Waals surface area contributed by atoms with Gasteiger partial charge in [0.25, 0.3) is 5.91 Å². The summed E-state index contributed by atoms with van der Waals surface area (Å²) in [6.45, 7) is 4.63. The zero-order chi connectivity index (χ0) is 14.5. The van der Waals surface area contributed by atoms with E-state index < -0.39 is 0 Å². The fourth-order valence-corrected chi connectivity index (χ4v) is 2.37. The first-order valence-corrected chi connectivity index (χ1v) is 7.40. The SMILES string of the molecule is CCCNc1ccc(Cl)cc1C(=O)Nc1nc(C)ns1. The first-order valence-electron chi connectivity index (χ1n) is 6.25. The standard InChI is InChI=1S/C13H15ClN4OS/c1-3-6-15-11-5-4-9(14)7-10(11)12(19)17-13-16-8(2)18-20-13/h4-5,7,15H,3,6H2,1-2H3,(H,16,17,18,19). The van der Waals surface area contributed by atoms with Crippen LogP contribution in [-0.2, 0) is 0 Å². The van der Waals surface area contributed by atoms with Crippen LogP contribution in [0.5, 0.6) is 0 Å². The summed E-state index contributed by atoms with van der Waals surface area (Å²) in [7, 11) is 0. The first kappa shape index (κ1) is 14.7. The number of anilines is 2. The molecular formula is C13H15ClN4OS. The quantitative estimate of drug-likeness (QED) is 0.886. The van der Waals surface area contributed by atoms with Gasteiger partial charge in [0.1, 0.15) is 5.82 Å². The molecule has 2 aromatic rings. The van der Waals surface area contributed by atoms with Crippen molar-refractivity contribution in [2.24, 2.45) is 0 Å². The molecule has 2 rings (SSSR count). The Morgan fingerprint density at radius 3 is 2.90 bits per heavy atom. The molecule has 0 saturated carbocycles. The highest BCUT2D eigenvalue weighted by Gasteiger charge is 2.14. The second-order valence-electron chi connectivity index (χ2n) is 4.22. The maximum atomic E-state index is 12.3. The minimum absolute atomic E-state index is 0.248. The van der Waals surface area contributed by atoms with Gasteiger partial charge in [-0.15, -0.1) is 0 Å². The molecule has 1 aromatic carbocycles. The van der Waals surface area contributed by atoms with Crippen LogP contribution in [0, 0.1) is 6.92 Å². The Bertz CT molecular complexity index is 614. The number of aryl methyl sites for hydroxylation is 1. The van der Waals surface area contributed by atoms with Crippen LogP contribution in [0.25, 0.3) is 0 Å². The van der Waals surface area contributed by atoms with Gasteiger partial charge in [-0.1, -0.05) is 18.5 Å². The lowest BCUT2D eigenvalue weighted by molar-refractivity contribution is 0.102. The third kappa shape index (κ3) is 3.68. The third-order valence-electron chi connectivity index (χ3n) is 2.54. The van der Waals surface area contributed by atoms with E-state index in [4.69, 9.17) is 11.6 Å². The monoisotopic (exact) mass is 310 g/mol. The van der Waals surface area contributed by atoms with Gasteiger partial charge in [0.15, 0.2) is 0 Å². The lowest BCUT2D eigenvalue weighted by Crippen LogP contribution is -2.15. The summed E-state index contributed by atoms with van der Waals surface area (Å²) in [4.78, 5) is 16.4. The summed E-state index contributed by atoms with van der Waals surface area (Å²) in [6.07, 6.45) is 0.972. The number of halogens is 1. The third-order valence-corrected chi connectivity index (χ3v) is 3.50. The smallest absolute Gasteiger partial charge is 0.259 e. The molecule has 106 valence electrons. The topological polar surface area (TPSA) is 66.9 Å². The Hall–Kier alpha value is -1.66. The molecule has 5 nitrogen and oxygen atoms in total. The molecule has 0 atom stereocenters. The average molecular weight is 311 g/mol. The highest BCUT2D eigenvalue weighted by Crippen LogP contribution is 2.22. The van der Waals surface area contributed by atoms with E-state index in [0.29, 0.717) is 21.5 Å². The van der Waals surface area contributed by atoms with Crippen molar-refractivity contribution >= 4 is 39.9 Å². The average Bonchev–Trinajstić information content (AvgIpc) is 2.82. The van der Waals surface area contributed by atoms with Crippen LogP contribution in [0.4, 0.5) is 10.8 Å². The van der Waals surface area contributed by atoms with Crippen LogP contribution in [0.3, 0.4) is 0 Å². The van der Waals surface area contributed by atoms with E-state index in [1.54, 1.807) is 25.1 Å². The molecule has 1 amide bonds. The number of nitrogens with one attached hydrogen (secondary N) is 2. The predicted octanol–water partition coefficient (Wildman–Crippen LogP) is 3.57. The molecule has 1 aromatic heterocycles. The van der Waals surface area contributed by atoms with Crippen LogP contribution in [0.1, 0.15) is 29.5 Å². The van der Waals surface area contributed by atoms with Crippen molar-refractivity contribution in [2.75, 3.05) is 17.2 Å². The molecule has 0 aliphatic heterocycles. The molecule has 0 radical (unpaired) electrons. The Kier molecular flexibility index (Phi) is 4.92. The van der Waals surface area contributed by atoms with Gasteiger partial charge >= 0.3 is 0 Å². The number of carbonyl (C=O) groups is 1. The maximum absolute atomic E-state index is 12.3. The molecular weight excluding hydrogens is 296 g/mol. The van der Waals surface area contributed by atoms with Gasteiger partial charge in [-0.2, -0.15) is 4.37 Å². The van der Waals surface area contributed by atoms with E-state index in [2.05, 4.69) is 26.9 Å². The number of benzene rings is 1. The van der Waals surface area contributed by atoms with E-state index in [9.17, 15) is 4.79 Å². The minimum atomic E-state index is -0.248. The number of carbonyl (C=O) groups excluding carboxylic acids is 1. The summed E-state index contributed by atoms with van der Waals surface area (Å²) in [6, 6.07) is 5.20. The summed E-state index contributed by atoms with van der Waals surface area (Å²) < 4.78 is 4.03. The van der Waals surface area contributed by atoms with E-state index >= 15 is 0 Å². The second-order valence-corrected chi connectivity index (χ2v) is 5.41.